The van der Waals surface area contributed by atoms with E-state index in [1.807, 2.05) is 12.1 Å². The molecular weight excluding hydrogens is 416 g/mol. The van der Waals surface area contributed by atoms with Crippen LogP contribution in [0.3, 0.4) is 0 Å². The number of fused-ring (bicyclic) bond motifs is 3. The number of pyridine rings is 1. The van der Waals surface area contributed by atoms with E-state index in [-0.39, 0.29) is 6.09 Å². The maximum atomic E-state index is 12.0. The van der Waals surface area contributed by atoms with E-state index in [0.29, 0.717) is 31.1 Å². The topological polar surface area (TPSA) is 60.9 Å². The first kappa shape index (κ1) is 21.6. The Labute approximate surface area is 194 Å². The molecule has 1 saturated heterocycles. The molecule has 0 radical (unpaired) electrons. The van der Waals surface area contributed by atoms with Crippen LogP contribution in [0.25, 0.3) is 22.2 Å². The van der Waals surface area contributed by atoms with Gasteiger partial charge in [0.15, 0.2) is 11.5 Å². The number of hydrogen-bond acceptors (Lipinski definition) is 5. The number of likely N-dealkylation sites (tertiary alicyclic amines) is 1. The molecule has 1 fully saturated rings. The molecule has 5 rings (SSSR count). The summed E-state index contributed by atoms with van der Waals surface area (Å²) in [6, 6.07) is 14.4. The Bertz CT molecular complexity index is 1140. The van der Waals surface area contributed by atoms with E-state index in [1.54, 1.807) is 12.0 Å². The summed E-state index contributed by atoms with van der Waals surface area (Å²) in [6.45, 7) is 2.37. The summed E-state index contributed by atoms with van der Waals surface area (Å²) in [5.74, 6) is 1.38. The van der Waals surface area contributed by atoms with Crippen LogP contribution in [0, 0.1) is 0 Å². The van der Waals surface area contributed by atoms with Gasteiger partial charge in [-0.05, 0) is 49.3 Å². The van der Waals surface area contributed by atoms with E-state index < -0.39 is 0 Å². The average molecular weight is 447 g/mol. The zero-order valence-electron chi connectivity index (χ0n) is 19.1. The molecule has 0 atom stereocenters. The van der Waals surface area contributed by atoms with Gasteiger partial charge in [0, 0.05) is 36.5 Å². The Kier molecular flexibility index (Phi) is 6.33. The molecule has 2 aromatic carbocycles. The number of aromatic nitrogens is 1. The number of carbonyl (C=O) groups is 1. The second-order valence-corrected chi connectivity index (χ2v) is 8.67. The average Bonchev–Trinajstić information content (AvgIpc) is 3.56. The lowest BCUT2D eigenvalue weighted by Crippen LogP contribution is -2.28. The van der Waals surface area contributed by atoms with Gasteiger partial charge in [0.2, 0.25) is 0 Å². The third kappa shape index (κ3) is 4.47. The monoisotopic (exact) mass is 446 g/mol. The highest BCUT2D eigenvalue weighted by molar-refractivity contribution is 5.90. The van der Waals surface area contributed by atoms with Crippen LogP contribution in [0.15, 0.2) is 42.5 Å². The Hall–Kier alpha value is -3.28. The quantitative estimate of drug-likeness (QED) is 0.455. The van der Waals surface area contributed by atoms with Gasteiger partial charge in [-0.15, -0.1) is 0 Å². The minimum Gasteiger partial charge on any atom is -0.493 e. The van der Waals surface area contributed by atoms with E-state index in [9.17, 15) is 4.79 Å². The Morgan fingerprint density at radius 1 is 0.970 bits per heavy atom. The van der Waals surface area contributed by atoms with Crippen LogP contribution in [0.5, 0.6) is 11.5 Å². The molecule has 1 aliphatic heterocycles. The summed E-state index contributed by atoms with van der Waals surface area (Å²) in [5.41, 5.74) is 5.86. The molecule has 0 saturated carbocycles. The van der Waals surface area contributed by atoms with Gasteiger partial charge in [0.05, 0.1) is 31.5 Å². The van der Waals surface area contributed by atoms with Crippen molar-refractivity contribution in [2.75, 3.05) is 33.4 Å². The van der Waals surface area contributed by atoms with Crippen molar-refractivity contribution in [3.8, 4) is 22.8 Å². The van der Waals surface area contributed by atoms with Gasteiger partial charge in [-0.2, -0.15) is 0 Å². The minimum absolute atomic E-state index is 0.220. The number of rotatable bonds is 7. The van der Waals surface area contributed by atoms with Crippen molar-refractivity contribution in [2.45, 2.75) is 38.5 Å². The number of aryl methyl sites for hydroxylation is 1. The van der Waals surface area contributed by atoms with Crippen molar-refractivity contribution in [1.29, 1.82) is 0 Å². The molecule has 33 heavy (non-hydrogen) atoms. The highest BCUT2D eigenvalue weighted by atomic mass is 16.6. The van der Waals surface area contributed by atoms with Gasteiger partial charge in [0.1, 0.15) is 0 Å². The van der Waals surface area contributed by atoms with Crippen LogP contribution in [-0.4, -0.2) is 49.4 Å². The fourth-order valence-corrected chi connectivity index (χ4v) is 4.87. The summed E-state index contributed by atoms with van der Waals surface area (Å²) in [7, 11) is 1.66. The standard InChI is InChI=1S/C27H30N2O4/c1-31-24-17-22-20-11-7-12-21(20)26(19-9-3-2-4-10-19)28-23(22)18-25(24)32-15-8-16-33-27(30)29-13-5-6-14-29/h2-4,9-10,17-18H,5-8,11-16H2,1H3. The van der Waals surface area contributed by atoms with Crippen molar-refractivity contribution in [1.82, 2.24) is 9.88 Å². The maximum Gasteiger partial charge on any atom is 0.409 e. The highest BCUT2D eigenvalue weighted by Crippen LogP contribution is 2.40. The van der Waals surface area contributed by atoms with Crippen LogP contribution in [-0.2, 0) is 17.6 Å². The maximum absolute atomic E-state index is 12.0. The largest absolute Gasteiger partial charge is 0.493 e. The first-order chi connectivity index (χ1) is 16.2. The molecule has 0 spiro atoms. The number of ether oxygens (including phenoxy) is 3. The van der Waals surface area contributed by atoms with Crippen molar-refractivity contribution in [3.63, 3.8) is 0 Å². The Balaban J connectivity index is 1.33. The molecule has 2 aliphatic rings. The molecular formula is C27H30N2O4. The zero-order valence-corrected chi connectivity index (χ0v) is 19.1. The molecule has 1 aliphatic carbocycles. The second-order valence-electron chi connectivity index (χ2n) is 8.67. The SMILES string of the molecule is COc1cc2c3c(c(-c4ccccc4)nc2cc1OCCCOC(=O)N1CCCC1)CCC3. The molecule has 2 heterocycles. The molecule has 0 bridgehead atoms. The third-order valence-electron chi connectivity index (χ3n) is 6.53. The molecule has 6 nitrogen and oxygen atoms in total. The molecule has 172 valence electrons. The fourth-order valence-electron chi connectivity index (χ4n) is 4.87. The summed E-state index contributed by atoms with van der Waals surface area (Å²) in [5, 5.41) is 1.14. The zero-order chi connectivity index (χ0) is 22.6. The minimum atomic E-state index is -0.220. The van der Waals surface area contributed by atoms with Gasteiger partial charge in [-0.1, -0.05) is 30.3 Å². The third-order valence-corrected chi connectivity index (χ3v) is 6.53. The van der Waals surface area contributed by atoms with Gasteiger partial charge < -0.3 is 19.1 Å². The van der Waals surface area contributed by atoms with Gasteiger partial charge in [-0.3, -0.25) is 0 Å². The van der Waals surface area contributed by atoms with E-state index in [4.69, 9.17) is 19.2 Å². The summed E-state index contributed by atoms with van der Waals surface area (Å²) < 4.78 is 17.1. The van der Waals surface area contributed by atoms with Crippen molar-refractivity contribution in [3.05, 3.63) is 53.6 Å². The number of benzene rings is 2. The first-order valence-electron chi connectivity index (χ1n) is 11.9. The smallest absolute Gasteiger partial charge is 0.409 e. The van der Waals surface area contributed by atoms with Gasteiger partial charge in [-0.25, -0.2) is 9.78 Å². The number of hydrogen-bond donors (Lipinski definition) is 0. The lowest BCUT2D eigenvalue weighted by atomic mass is 9.98. The molecule has 1 amide bonds. The Morgan fingerprint density at radius 2 is 1.76 bits per heavy atom. The lowest BCUT2D eigenvalue weighted by molar-refractivity contribution is 0.104. The number of nitrogens with zero attached hydrogens (tertiary/aromatic N) is 2. The lowest BCUT2D eigenvalue weighted by Gasteiger charge is -2.16. The molecule has 0 N–H and O–H groups in total. The summed E-state index contributed by atoms with van der Waals surface area (Å²) >= 11 is 0. The highest BCUT2D eigenvalue weighted by Gasteiger charge is 2.22. The summed E-state index contributed by atoms with van der Waals surface area (Å²) in [6.07, 6.45) is 5.77. The van der Waals surface area contributed by atoms with Gasteiger partial charge in [0.25, 0.3) is 0 Å². The van der Waals surface area contributed by atoms with E-state index >= 15 is 0 Å². The van der Waals surface area contributed by atoms with E-state index in [1.165, 1.54) is 11.1 Å². The fraction of sp³-hybridized carbons (Fsp3) is 0.407. The van der Waals surface area contributed by atoms with Crippen molar-refractivity contribution < 1.29 is 19.0 Å². The number of carbonyl (C=O) groups excluding carboxylic acids is 1. The second kappa shape index (κ2) is 9.69. The van der Waals surface area contributed by atoms with Crippen LogP contribution in [0.4, 0.5) is 4.79 Å². The van der Waals surface area contributed by atoms with Crippen molar-refractivity contribution >= 4 is 17.0 Å². The van der Waals surface area contributed by atoms with Crippen LogP contribution < -0.4 is 9.47 Å². The predicted octanol–water partition coefficient (Wildman–Crippen LogP) is 5.40. The molecule has 0 unspecified atom stereocenters. The van der Waals surface area contributed by atoms with Crippen LogP contribution in [0.1, 0.15) is 36.8 Å². The predicted molar refractivity (Wildman–Crippen MR) is 128 cm³/mol. The van der Waals surface area contributed by atoms with Crippen LogP contribution >= 0.6 is 0 Å². The number of methoxy groups -OCH3 is 1. The Morgan fingerprint density at radius 3 is 2.55 bits per heavy atom. The normalized spacial score (nSPS) is 15.0. The number of amides is 1. The van der Waals surface area contributed by atoms with E-state index in [2.05, 4.69) is 30.3 Å². The molecule has 6 heteroatoms. The molecule has 3 aromatic rings. The first-order valence-corrected chi connectivity index (χ1v) is 11.9. The summed E-state index contributed by atoms with van der Waals surface area (Å²) in [4.78, 5) is 18.8. The van der Waals surface area contributed by atoms with E-state index in [0.717, 1.165) is 67.4 Å². The molecule has 1 aromatic heterocycles. The van der Waals surface area contributed by atoms with Gasteiger partial charge >= 0.3 is 6.09 Å². The van der Waals surface area contributed by atoms with Crippen molar-refractivity contribution in [2.24, 2.45) is 0 Å². The van der Waals surface area contributed by atoms with Crippen LogP contribution in [0.2, 0.25) is 0 Å².